The van der Waals surface area contributed by atoms with Crippen molar-refractivity contribution in [3.05, 3.63) is 54.1 Å². The van der Waals surface area contributed by atoms with Gasteiger partial charge in [0, 0.05) is 51.8 Å². The van der Waals surface area contributed by atoms with Crippen molar-refractivity contribution < 1.29 is 34.0 Å². The quantitative estimate of drug-likeness (QED) is 0.514. The second-order valence-electron chi connectivity index (χ2n) is 9.34. The lowest BCUT2D eigenvalue weighted by Crippen LogP contribution is -2.48. The molecule has 2 aromatic rings. The van der Waals surface area contributed by atoms with E-state index in [1.54, 1.807) is 25.1 Å². The van der Waals surface area contributed by atoms with Crippen LogP contribution < -0.4 is 14.4 Å². The number of anilines is 1. The number of rotatable bonds is 10. The largest absolute Gasteiger partial charge is 0.491 e. The highest BCUT2D eigenvalue weighted by Crippen LogP contribution is 2.31. The Balaban J connectivity index is 1.22. The SMILES string of the molecule is CC(=O)N1CCN(c2ccc(OC[C@@H](O)COc3cccc(CC4(C(=O)O)CCCO4)c3)cc2)CC1. The normalized spacial score (nSPS) is 20.7. The highest BCUT2D eigenvalue weighted by Gasteiger charge is 2.42. The van der Waals surface area contributed by atoms with Gasteiger partial charge < -0.3 is 34.2 Å². The smallest absolute Gasteiger partial charge is 0.336 e. The van der Waals surface area contributed by atoms with Crippen molar-refractivity contribution in [2.75, 3.05) is 50.9 Å². The number of carboxylic acids is 1. The molecule has 2 aliphatic rings. The summed E-state index contributed by atoms with van der Waals surface area (Å²) in [5, 5.41) is 19.9. The van der Waals surface area contributed by atoms with Gasteiger partial charge in [-0.3, -0.25) is 4.79 Å². The Morgan fingerprint density at radius 3 is 2.33 bits per heavy atom. The molecule has 9 nitrogen and oxygen atoms in total. The zero-order valence-electron chi connectivity index (χ0n) is 20.6. The molecule has 1 unspecified atom stereocenters. The van der Waals surface area contributed by atoms with Crippen LogP contribution in [0.1, 0.15) is 25.3 Å². The average molecular weight is 499 g/mol. The van der Waals surface area contributed by atoms with Crippen LogP contribution in [0.2, 0.25) is 0 Å². The Bertz CT molecular complexity index is 1030. The summed E-state index contributed by atoms with van der Waals surface area (Å²) in [6, 6.07) is 14.9. The highest BCUT2D eigenvalue weighted by molar-refractivity contribution is 5.78. The first kappa shape index (κ1) is 25.8. The fourth-order valence-electron chi connectivity index (χ4n) is 4.62. The van der Waals surface area contributed by atoms with E-state index in [1.165, 1.54) is 0 Å². The third-order valence-electron chi connectivity index (χ3n) is 6.69. The van der Waals surface area contributed by atoms with Crippen LogP contribution in [0.3, 0.4) is 0 Å². The van der Waals surface area contributed by atoms with E-state index in [2.05, 4.69) is 4.90 Å². The molecule has 2 aromatic carbocycles. The van der Waals surface area contributed by atoms with Gasteiger partial charge in [0.15, 0.2) is 5.60 Å². The minimum absolute atomic E-state index is 0.0442. The summed E-state index contributed by atoms with van der Waals surface area (Å²) in [4.78, 5) is 27.3. The third kappa shape index (κ3) is 6.47. The van der Waals surface area contributed by atoms with Gasteiger partial charge in [0.25, 0.3) is 0 Å². The lowest BCUT2D eigenvalue weighted by atomic mass is 9.91. The fraction of sp³-hybridized carbons (Fsp3) is 0.481. The molecule has 4 rings (SSSR count). The van der Waals surface area contributed by atoms with Gasteiger partial charge in [0.1, 0.15) is 30.8 Å². The molecule has 0 bridgehead atoms. The summed E-state index contributed by atoms with van der Waals surface area (Å²) < 4.78 is 17.0. The lowest BCUT2D eigenvalue weighted by Gasteiger charge is -2.35. The number of aliphatic hydroxyl groups excluding tert-OH is 1. The Morgan fingerprint density at radius 1 is 1.03 bits per heavy atom. The fourth-order valence-corrected chi connectivity index (χ4v) is 4.62. The van der Waals surface area contributed by atoms with E-state index in [4.69, 9.17) is 14.2 Å². The van der Waals surface area contributed by atoms with Crippen molar-refractivity contribution in [1.82, 2.24) is 4.90 Å². The first-order valence-corrected chi connectivity index (χ1v) is 12.4. The van der Waals surface area contributed by atoms with E-state index in [0.29, 0.717) is 24.5 Å². The summed E-state index contributed by atoms with van der Waals surface area (Å²) in [6.07, 6.45) is 0.654. The van der Waals surface area contributed by atoms with Gasteiger partial charge in [-0.1, -0.05) is 12.1 Å². The zero-order chi connectivity index (χ0) is 25.5. The number of carbonyl (C=O) groups excluding carboxylic acids is 1. The van der Waals surface area contributed by atoms with Gasteiger partial charge >= 0.3 is 5.97 Å². The Hall–Kier alpha value is -3.30. The first-order valence-electron chi connectivity index (χ1n) is 12.4. The molecule has 2 heterocycles. The highest BCUT2D eigenvalue weighted by atomic mass is 16.5. The van der Waals surface area contributed by atoms with Crippen LogP contribution in [0.25, 0.3) is 0 Å². The minimum atomic E-state index is -1.18. The molecule has 2 N–H and O–H groups in total. The van der Waals surface area contributed by atoms with Crippen LogP contribution in [-0.2, 0) is 20.7 Å². The van der Waals surface area contributed by atoms with Crippen molar-refractivity contribution in [3.8, 4) is 11.5 Å². The number of piperazine rings is 1. The second kappa shape index (κ2) is 11.6. The summed E-state index contributed by atoms with van der Waals surface area (Å²) in [6.45, 7) is 5.20. The molecule has 0 radical (unpaired) electrons. The molecule has 0 aliphatic carbocycles. The molecule has 194 valence electrons. The summed E-state index contributed by atoms with van der Waals surface area (Å²) >= 11 is 0. The molecule has 0 saturated carbocycles. The number of carboxylic acid groups (broad SMARTS) is 1. The maximum Gasteiger partial charge on any atom is 0.336 e. The van der Waals surface area contributed by atoms with Crippen molar-refractivity contribution in [2.24, 2.45) is 0 Å². The van der Waals surface area contributed by atoms with Gasteiger partial charge in [-0.25, -0.2) is 4.79 Å². The van der Waals surface area contributed by atoms with Crippen molar-refractivity contribution in [3.63, 3.8) is 0 Å². The van der Waals surface area contributed by atoms with Crippen LogP contribution in [0, 0.1) is 0 Å². The van der Waals surface area contributed by atoms with E-state index in [1.807, 2.05) is 35.2 Å². The molecule has 2 aliphatic heterocycles. The Morgan fingerprint density at radius 2 is 1.72 bits per heavy atom. The number of aliphatic carboxylic acids is 1. The Labute approximate surface area is 211 Å². The van der Waals surface area contributed by atoms with Gasteiger partial charge in [-0.15, -0.1) is 0 Å². The van der Waals surface area contributed by atoms with Crippen LogP contribution in [0.15, 0.2) is 48.5 Å². The van der Waals surface area contributed by atoms with Crippen LogP contribution in [0.5, 0.6) is 11.5 Å². The monoisotopic (exact) mass is 498 g/mol. The maximum atomic E-state index is 11.7. The number of aliphatic hydroxyl groups is 1. The molecule has 9 heteroatoms. The average Bonchev–Trinajstić information content (AvgIpc) is 3.37. The van der Waals surface area contributed by atoms with E-state index < -0.39 is 17.7 Å². The van der Waals surface area contributed by atoms with Gasteiger partial charge in [-0.05, 0) is 54.8 Å². The number of hydrogen-bond acceptors (Lipinski definition) is 7. The molecule has 1 amide bonds. The first-order chi connectivity index (χ1) is 17.3. The maximum absolute atomic E-state index is 11.7. The van der Waals surface area contributed by atoms with Crippen molar-refractivity contribution in [1.29, 1.82) is 0 Å². The number of benzene rings is 2. The van der Waals surface area contributed by atoms with E-state index in [0.717, 1.165) is 43.9 Å². The molecule has 2 saturated heterocycles. The van der Waals surface area contributed by atoms with Gasteiger partial charge in [-0.2, -0.15) is 0 Å². The van der Waals surface area contributed by atoms with Gasteiger partial charge in [0.05, 0.1) is 0 Å². The zero-order valence-corrected chi connectivity index (χ0v) is 20.6. The summed E-state index contributed by atoms with van der Waals surface area (Å²) in [5.74, 6) is 0.374. The molecular formula is C27H34N2O7. The topological polar surface area (TPSA) is 109 Å². The number of nitrogens with zero attached hydrogens (tertiary/aromatic N) is 2. The van der Waals surface area contributed by atoms with Crippen LogP contribution in [-0.4, -0.2) is 84.7 Å². The molecule has 36 heavy (non-hydrogen) atoms. The second-order valence-corrected chi connectivity index (χ2v) is 9.34. The number of ether oxygens (including phenoxy) is 3. The molecule has 2 atom stereocenters. The predicted molar refractivity (Wildman–Crippen MR) is 134 cm³/mol. The van der Waals surface area contributed by atoms with E-state index >= 15 is 0 Å². The Kier molecular flexibility index (Phi) is 8.32. The van der Waals surface area contributed by atoms with Crippen LogP contribution >= 0.6 is 0 Å². The third-order valence-corrected chi connectivity index (χ3v) is 6.69. The number of carbonyl (C=O) groups is 2. The van der Waals surface area contributed by atoms with Crippen molar-refractivity contribution >= 4 is 17.6 Å². The molecular weight excluding hydrogens is 464 g/mol. The lowest BCUT2D eigenvalue weighted by molar-refractivity contribution is -0.159. The predicted octanol–water partition coefficient (Wildman–Crippen LogP) is 2.35. The molecule has 2 fully saturated rings. The molecule has 0 spiro atoms. The summed E-state index contributed by atoms with van der Waals surface area (Å²) in [5.41, 5.74) is 0.706. The van der Waals surface area contributed by atoms with E-state index in [9.17, 15) is 19.8 Å². The number of hydrogen-bond donors (Lipinski definition) is 2. The van der Waals surface area contributed by atoms with Gasteiger partial charge in [0.2, 0.25) is 5.91 Å². The van der Waals surface area contributed by atoms with E-state index in [-0.39, 0.29) is 25.5 Å². The van der Waals surface area contributed by atoms with Crippen molar-refractivity contribution in [2.45, 2.75) is 37.9 Å². The standard InChI is InChI=1S/C27H34N2O7/c1-20(30)28-11-13-29(14-12-28)22-6-8-24(9-7-22)34-18-23(31)19-35-25-5-2-4-21(16-25)17-27(26(32)33)10-3-15-36-27/h2,4-9,16,23,31H,3,10-15,17-19H2,1H3,(H,32,33)/t23-,27?/m1/s1. The van der Waals surface area contributed by atoms with Crippen LogP contribution in [0.4, 0.5) is 5.69 Å². The molecule has 0 aromatic heterocycles. The summed E-state index contributed by atoms with van der Waals surface area (Å²) in [7, 11) is 0. The number of amides is 1. The minimum Gasteiger partial charge on any atom is -0.491 e.